The number of anilines is 1. The Morgan fingerprint density at radius 1 is 1.37 bits per heavy atom. The summed E-state index contributed by atoms with van der Waals surface area (Å²) in [4.78, 5) is 9.51. The molecule has 0 spiro atoms. The average molecular weight is 328 g/mol. The first-order valence-corrected chi connectivity index (χ1v) is 7.87. The molecule has 0 bridgehead atoms. The van der Waals surface area contributed by atoms with E-state index in [2.05, 4.69) is 9.97 Å². The number of rotatable bonds is 5. The summed E-state index contributed by atoms with van der Waals surface area (Å²) in [5.41, 5.74) is -0.621. The van der Waals surface area contributed by atoms with E-state index in [1.165, 1.54) is 6.07 Å². The number of aromatic nitrogens is 2. The van der Waals surface area contributed by atoms with Gasteiger partial charge in [0.25, 0.3) is 10.1 Å². The van der Waals surface area contributed by atoms with Gasteiger partial charge in [0.15, 0.2) is 0 Å². The standard InChI is InChI=1S/C10H15Cl2N3O3S/c1-10(2,6-18-19(4,16)17)15(3)8-5-7(11)13-9(12)14-8/h5H,6H2,1-4H3. The van der Waals surface area contributed by atoms with Crippen LogP contribution in [-0.2, 0) is 14.3 Å². The summed E-state index contributed by atoms with van der Waals surface area (Å²) in [6, 6.07) is 1.54. The Morgan fingerprint density at radius 3 is 2.42 bits per heavy atom. The molecule has 9 heteroatoms. The second-order valence-electron chi connectivity index (χ2n) is 4.66. The van der Waals surface area contributed by atoms with Gasteiger partial charge in [-0.15, -0.1) is 0 Å². The molecule has 1 aromatic heterocycles. The van der Waals surface area contributed by atoms with Gasteiger partial charge in [-0.05, 0) is 25.4 Å². The van der Waals surface area contributed by atoms with Crippen molar-refractivity contribution in [3.8, 4) is 0 Å². The highest BCUT2D eigenvalue weighted by molar-refractivity contribution is 7.85. The van der Waals surface area contributed by atoms with E-state index in [0.29, 0.717) is 5.82 Å². The van der Waals surface area contributed by atoms with Crippen LogP contribution >= 0.6 is 23.2 Å². The van der Waals surface area contributed by atoms with Gasteiger partial charge in [0.1, 0.15) is 11.0 Å². The zero-order chi connectivity index (χ0) is 14.8. The molecule has 6 nitrogen and oxygen atoms in total. The fourth-order valence-corrected chi connectivity index (χ4v) is 2.11. The molecular formula is C10H15Cl2N3O3S. The Labute approximate surface area is 122 Å². The van der Waals surface area contributed by atoms with Crippen molar-refractivity contribution in [2.75, 3.05) is 24.8 Å². The summed E-state index contributed by atoms with van der Waals surface area (Å²) in [7, 11) is -1.76. The number of likely N-dealkylation sites (N-methyl/N-ethyl adjacent to an activating group) is 1. The van der Waals surface area contributed by atoms with Gasteiger partial charge in [-0.2, -0.15) is 8.42 Å². The number of nitrogens with zero attached hydrogens (tertiary/aromatic N) is 3. The largest absolute Gasteiger partial charge is 0.352 e. The van der Waals surface area contributed by atoms with Crippen LogP contribution in [0.15, 0.2) is 6.07 Å². The molecule has 108 valence electrons. The lowest BCUT2D eigenvalue weighted by Gasteiger charge is -2.35. The Bertz CT molecular complexity index is 543. The topological polar surface area (TPSA) is 72.4 Å². The van der Waals surface area contributed by atoms with Crippen molar-refractivity contribution in [2.45, 2.75) is 19.4 Å². The van der Waals surface area contributed by atoms with E-state index in [0.717, 1.165) is 6.26 Å². The molecule has 0 unspecified atom stereocenters. The minimum absolute atomic E-state index is 0.0224. The molecule has 0 N–H and O–H groups in total. The molecule has 19 heavy (non-hydrogen) atoms. The van der Waals surface area contributed by atoms with Crippen LogP contribution in [0.3, 0.4) is 0 Å². The summed E-state index contributed by atoms with van der Waals surface area (Å²) in [5, 5.41) is 0.232. The Kier molecular flexibility index (Phi) is 5.00. The lowest BCUT2D eigenvalue weighted by molar-refractivity contribution is 0.244. The highest BCUT2D eigenvalue weighted by Gasteiger charge is 2.27. The molecule has 0 saturated heterocycles. The van der Waals surface area contributed by atoms with Gasteiger partial charge >= 0.3 is 0 Å². The van der Waals surface area contributed by atoms with Gasteiger partial charge in [0.05, 0.1) is 18.4 Å². The highest BCUT2D eigenvalue weighted by atomic mass is 35.5. The van der Waals surface area contributed by atoms with E-state index >= 15 is 0 Å². The monoisotopic (exact) mass is 327 g/mol. The predicted octanol–water partition coefficient (Wildman–Crippen LogP) is 1.97. The first kappa shape index (κ1) is 16.4. The number of hydrogen-bond acceptors (Lipinski definition) is 6. The van der Waals surface area contributed by atoms with Crippen LogP contribution in [0.25, 0.3) is 0 Å². The zero-order valence-electron chi connectivity index (χ0n) is 11.0. The van der Waals surface area contributed by atoms with Crippen molar-refractivity contribution in [3.63, 3.8) is 0 Å². The normalized spacial score (nSPS) is 12.5. The molecule has 0 atom stereocenters. The van der Waals surface area contributed by atoms with Crippen LogP contribution in [0.2, 0.25) is 10.4 Å². The molecule has 1 heterocycles. The van der Waals surface area contributed by atoms with Crippen molar-refractivity contribution < 1.29 is 12.6 Å². The SMILES string of the molecule is CN(c1cc(Cl)nc(Cl)n1)C(C)(C)COS(C)(=O)=O. The molecule has 0 aliphatic heterocycles. The molecule has 0 saturated carbocycles. The number of halogens is 2. The average Bonchev–Trinajstić information content (AvgIpc) is 2.23. The maximum absolute atomic E-state index is 11.0. The van der Waals surface area contributed by atoms with Crippen molar-refractivity contribution in [1.29, 1.82) is 0 Å². The molecule has 0 aliphatic rings. The van der Waals surface area contributed by atoms with Crippen LogP contribution in [0, 0.1) is 0 Å². The Morgan fingerprint density at radius 2 is 1.95 bits per heavy atom. The zero-order valence-corrected chi connectivity index (χ0v) is 13.3. The van der Waals surface area contributed by atoms with Crippen molar-refractivity contribution in [2.24, 2.45) is 0 Å². The first-order chi connectivity index (χ1) is 8.51. The first-order valence-electron chi connectivity index (χ1n) is 5.29. The molecule has 0 aromatic carbocycles. The van der Waals surface area contributed by atoms with E-state index in [1.807, 2.05) is 13.8 Å². The summed E-state index contributed by atoms with van der Waals surface area (Å²) < 4.78 is 26.9. The van der Waals surface area contributed by atoms with Gasteiger partial charge < -0.3 is 4.90 Å². The van der Waals surface area contributed by atoms with E-state index in [-0.39, 0.29) is 17.0 Å². The summed E-state index contributed by atoms with van der Waals surface area (Å²) in [6.45, 7) is 3.59. The van der Waals surface area contributed by atoms with Crippen LogP contribution in [0.4, 0.5) is 5.82 Å². The van der Waals surface area contributed by atoms with Crippen molar-refractivity contribution >= 4 is 39.1 Å². The van der Waals surface area contributed by atoms with E-state index in [1.54, 1.807) is 11.9 Å². The number of hydrogen-bond donors (Lipinski definition) is 0. The minimum atomic E-state index is -3.50. The molecule has 1 aromatic rings. The molecule has 0 fully saturated rings. The van der Waals surface area contributed by atoms with Crippen LogP contribution in [0.5, 0.6) is 0 Å². The molecule has 0 amide bonds. The second-order valence-corrected chi connectivity index (χ2v) is 7.02. The van der Waals surface area contributed by atoms with Crippen molar-refractivity contribution in [3.05, 3.63) is 16.5 Å². The van der Waals surface area contributed by atoms with Gasteiger partial charge in [0, 0.05) is 13.1 Å². The predicted molar refractivity (Wildman–Crippen MR) is 75.3 cm³/mol. The van der Waals surface area contributed by atoms with Gasteiger partial charge in [-0.3, -0.25) is 4.18 Å². The summed E-state index contributed by atoms with van der Waals surface area (Å²) >= 11 is 11.5. The molecule has 0 radical (unpaired) electrons. The summed E-state index contributed by atoms with van der Waals surface area (Å²) in [5.74, 6) is 0.479. The Balaban J connectivity index is 2.93. The minimum Gasteiger partial charge on any atom is -0.352 e. The fourth-order valence-electron chi connectivity index (χ4n) is 1.21. The van der Waals surface area contributed by atoms with Gasteiger partial charge in [-0.25, -0.2) is 9.97 Å². The smallest absolute Gasteiger partial charge is 0.264 e. The van der Waals surface area contributed by atoms with Crippen LogP contribution in [-0.4, -0.2) is 43.8 Å². The van der Waals surface area contributed by atoms with Gasteiger partial charge in [0.2, 0.25) is 5.28 Å². The lowest BCUT2D eigenvalue weighted by Crippen LogP contribution is -2.46. The molecule has 0 aliphatic carbocycles. The highest BCUT2D eigenvalue weighted by Crippen LogP contribution is 2.24. The van der Waals surface area contributed by atoms with Crippen molar-refractivity contribution in [1.82, 2.24) is 9.97 Å². The van der Waals surface area contributed by atoms with E-state index in [4.69, 9.17) is 27.4 Å². The molecular weight excluding hydrogens is 313 g/mol. The van der Waals surface area contributed by atoms with E-state index < -0.39 is 15.7 Å². The lowest BCUT2D eigenvalue weighted by atomic mass is 10.1. The molecule has 1 rings (SSSR count). The van der Waals surface area contributed by atoms with Gasteiger partial charge in [-0.1, -0.05) is 11.6 Å². The summed E-state index contributed by atoms with van der Waals surface area (Å²) in [6.07, 6.45) is 1.00. The third-order valence-electron chi connectivity index (χ3n) is 2.53. The Hall–Kier alpha value is -0.630. The fraction of sp³-hybridized carbons (Fsp3) is 0.600. The van der Waals surface area contributed by atoms with Crippen LogP contribution < -0.4 is 4.90 Å². The maximum Gasteiger partial charge on any atom is 0.264 e. The van der Waals surface area contributed by atoms with Crippen LogP contribution in [0.1, 0.15) is 13.8 Å². The third kappa shape index (κ3) is 5.10. The third-order valence-corrected chi connectivity index (χ3v) is 3.44. The quantitative estimate of drug-likeness (QED) is 0.467. The van der Waals surface area contributed by atoms with E-state index in [9.17, 15) is 8.42 Å². The maximum atomic E-state index is 11.0. The second kappa shape index (κ2) is 5.78.